The van der Waals surface area contributed by atoms with E-state index in [2.05, 4.69) is 22.3 Å². The van der Waals surface area contributed by atoms with E-state index >= 15 is 0 Å². The van der Waals surface area contributed by atoms with E-state index in [-0.39, 0.29) is 36.0 Å². The summed E-state index contributed by atoms with van der Waals surface area (Å²) in [5.74, 6) is -0.294. The average molecular weight is 555 g/mol. The van der Waals surface area contributed by atoms with Crippen molar-refractivity contribution in [3.8, 4) is 0 Å². The number of sulfonamides is 1. The van der Waals surface area contributed by atoms with Gasteiger partial charge in [0.2, 0.25) is 15.9 Å². The highest BCUT2D eigenvalue weighted by molar-refractivity contribution is 7.89. The SMILES string of the molecule is O=C1CN(S(=O)(=O)c2ccc3cc(Cl)ccc3c2)CC2(CO)NC3(CCN(Cc4ccccc4)CC3)CN12. The molecule has 3 aromatic rings. The molecule has 1 spiro atoms. The van der Waals surface area contributed by atoms with Crippen LogP contribution in [-0.4, -0.2) is 84.1 Å². The largest absolute Gasteiger partial charge is 0.392 e. The summed E-state index contributed by atoms with van der Waals surface area (Å²) in [4.78, 5) is 17.5. The monoisotopic (exact) mass is 554 g/mol. The topological polar surface area (TPSA) is 93.2 Å². The zero-order valence-corrected chi connectivity index (χ0v) is 22.6. The van der Waals surface area contributed by atoms with Crippen molar-refractivity contribution in [2.45, 2.75) is 35.5 Å². The maximum Gasteiger partial charge on any atom is 0.243 e. The smallest absolute Gasteiger partial charge is 0.243 e. The number of hydrogen-bond donors (Lipinski definition) is 2. The normalized spacial score (nSPS) is 24.3. The number of likely N-dealkylation sites (tertiary alicyclic amines) is 1. The Balaban J connectivity index is 1.21. The molecule has 200 valence electrons. The highest BCUT2D eigenvalue weighted by Gasteiger charge is 2.58. The molecule has 0 aromatic heterocycles. The van der Waals surface area contributed by atoms with Crippen LogP contribution in [0.15, 0.2) is 71.6 Å². The lowest BCUT2D eigenvalue weighted by molar-refractivity contribution is -0.143. The van der Waals surface area contributed by atoms with Crippen molar-refractivity contribution >= 4 is 38.3 Å². The van der Waals surface area contributed by atoms with Gasteiger partial charge in [0.05, 0.1) is 24.6 Å². The molecule has 38 heavy (non-hydrogen) atoms. The Labute approximate surface area is 227 Å². The van der Waals surface area contributed by atoms with Crippen LogP contribution in [0.4, 0.5) is 0 Å². The van der Waals surface area contributed by atoms with Crippen molar-refractivity contribution in [3.05, 3.63) is 77.3 Å². The van der Waals surface area contributed by atoms with Crippen LogP contribution < -0.4 is 5.32 Å². The molecule has 3 aromatic carbocycles. The van der Waals surface area contributed by atoms with Gasteiger partial charge in [-0.3, -0.25) is 15.0 Å². The van der Waals surface area contributed by atoms with E-state index in [0.717, 1.165) is 43.2 Å². The first-order valence-electron chi connectivity index (χ1n) is 12.9. The highest BCUT2D eigenvalue weighted by atomic mass is 35.5. The predicted octanol–water partition coefficient (Wildman–Crippen LogP) is 2.65. The number of aliphatic hydroxyl groups is 1. The number of halogens is 1. The van der Waals surface area contributed by atoms with Gasteiger partial charge in [-0.15, -0.1) is 0 Å². The lowest BCUT2D eigenvalue weighted by Gasteiger charge is -2.45. The summed E-state index contributed by atoms with van der Waals surface area (Å²) < 4.78 is 28.6. The van der Waals surface area contributed by atoms with E-state index in [0.29, 0.717) is 11.6 Å². The number of carbonyl (C=O) groups is 1. The number of piperidine rings is 1. The fraction of sp³-hybridized carbons (Fsp3) is 0.393. The van der Waals surface area contributed by atoms with Crippen molar-refractivity contribution < 1.29 is 18.3 Å². The lowest BCUT2D eigenvalue weighted by atomic mass is 9.88. The number of amides is 1. The fourth-order valence-corrected chi connectivity index (χ4v) is 7.86. The van der Waals surface area contributed by atoms with Gasteiger partial charge in [-0.2, -0.15) is 4.31 Å². The maximum absolute atomic E-state index is 13.7. The summed E-state index contributed by atoms with van der Waals surface area (Å²) in [6.45, 7) is 2.43. The van der Waals surface area contributed by atoms with Crippen molar-refractivity contribution in [1.82, 2.24) is 19.4 Å². The molecule has 3 fully saturated rings. The molecule has 8 nitrogen and oxygen atoms in total. The number of hydrogen-bond acceptors (Lipinski definition) is 6. The molecule has 0 bridgehead atoms. The Morgan fingerprint density at radius 2 is 1.66 bits per heavy atom. The van der Waals surface area contributed by atoms with E-state index in [9.17, 15) is 18.3 Å². The second-order valence-corrected chi connectivity index (χ2v) is 13.1. The Morgan fingerprint density at radius 3 is 2.39 bits per heavy atom. The van der Waals surface area contributed by atoms with Crippen LogP contribution in [-0.2, 0) is 21.4 Å². The van der Waals surface area contributed by atoms with Crippen LogP contribution in [0, 0.1) is 0 Å². The van der Waals surface area contributed by atoms with Crippen LogP contribution in [0.1, 0.15) is 18.4 Å². The molecule has 3 saturated heterocycles. The van der Waals surface area contributed by atoms with E-state index in [1.54, 1.807) is 41.3 Å². The molecule has 1 unspecified atom stereocenters. The molecule has 3 heterocycles. The molecule has 3 aliphatic heterocycles. The van der Waals surface area contributed by atoms with Crippen LogP contribution in [0.2, 0.25) is 5.02 Å². The van der Waals surface area contributed by atoms with Crippen molar-refractivity contribution in [2.75, 3.05) is 39.3 Å². The van der Waals surface area contributed by atoms with Gasteiger partial charge >= 0.3 is 0 Å². The number of rotatable bonds is 5. The van der Waals surface area contributed by atoms with Gasteiger partial charge in [-0.1, -0.05) is 54.1 Å². The minimum atomic E-state index is -3.98. The first-order valence-corrected chi connectivity index (χ1v) is 14.7. The second kappa shape index (κ2) is 9.59. The van der Waals surface area contributed by atoms with Crippen molar-refractivity contribution in [2.24, 2.45) is 0 Å². The molecule has 3 aliphatic rings. The van der Waals surface area contributed by atoms with Crippen molar-refractivity contribution in [1.29, 1.82) is 0 Å². The third kappa shape index (κ3) is 4.51. The van der Waals surface area contributed by atoms with E-state index in [1.807, 2.05) is 18.2 Å². The van der Waals surface area contributed by atoms with Crippen LogP contribution in [0.25, 0.3) is 10.8 Å². The van der Waals surface area contributed by atoms with Gasteiger partial charge in [0, 0.05) is 36.7 Å². The van der Waals surface area contributed by atoms with Crippen LogP contribution >= 0.6 is 11.6 Å². The molecule has 2 N–H and O–H groups in total. The minimum Gasteiger partial charge on any atom is -0.392 e. The van der Waals surface area contributed by atoms with E-state index < -0.39 is 15.7 Å². The third-order valence-electron chi connectivity index (χ3n) is 8.26. The summed E-state index contributed by atoms with van der Waals surface area (Å²) in [6.07, 6.45) is 1.62. The van der Waals surface area contributed by atoms with Gasteiger partial charge in [-0.05, 0) is 53.4 Å². The predicted molar refractivity (Wildman–Crippen MR) is 146 cm³/mol. The first kappa shape index (κ1) is 25.7. The Kier molecular flexibility index (Phi) is 6.49. The number of carbonyl (C=O) groups excluding carboxylic acids is 1. The van der Waals surface area contributed by atoms with Crippen LogP contribution in [0.5, 0.6) is 0 Å². The van der Waals surface area contributed by atoms with E-state index in [1.165, 1.54) is 9.87 Å². The quantitative estimate of drug-likeness (QED) is 0.504. The maximum atomic E-state index is 13.7. The van der Waals surface area contributed by atoms with Gasteiger partial charge in [0.25, 0.3) is 0 Å². The molecule has 0 aliphatic carbocycles. The average Bonchev–Trinajstić information content (AvgIpc) is 3.25. The van der Waals surface area contributed by atoms with Gasteiger partial charge < -0.3 is 10.0 Å². The zero-order chi connectivity index (χ0) is 26.5. The number of nitrogens with zero attached hydrogens (tertiary/aromatic N) is 3. The summed E-state index contributed by atoms with van der Waals surface area (Å²) in [7, 11) is -3.98. The Hall–Kier alpha value is -2.53. The molecular formula is C28H31ClN4O4S. The fourth-order valence-electron chi connectivity index (χ4n) is 6.20. The molecule has 0 radical (unpaired) electrons. The molecule has 1 amide bonds. The summed E-state index contributed by atoms with van der Waals surface area (Å²) in [5, 5.41) is 16.3. The molecule has 10 heteroatoms. The standard InChI is InChI=1S/C28H31ClN4O4S/c29-24-8-6-23-15-25(9-7-22(23)14-24)38(36,37)32-17-26(35)33-18-27(30-28(33,19-32)20-34)10-12-31(13-11-27)16-21-4-2-1-3-5-21/h1-9,14-15,30,34H,10-13,16-20H2. The number of aliphatic hydroxyl groups excluding tert-OH is 1. The number of piperazine rings is 1. The molecular weight excluding hydrogens is 524 g/mol. The molecule has 1 atom stereocenters. The van der Waals surface area contributed by atoms with Crippen molar-refractivity contribution in [3.63, 3.8) is 0 Å². The summed E-state index contributed by atoms with van der Waals surface area (Å²) >= 11 is 6.07. The number of fused-ring (bicyclic) bond motifs is 2. The first-order chi connectivity index (χ1) is 18.2. The van der Waals surface area contributed by atoms with Crippen LogP contribution in [0.3, 0.4) is 0 Å². The Morgan fingerprint density at radius 1 is 0.947 bits per heavy atom. The minimum absolute atomic E-state index is 0.00823. The second-order valence-electron chi connectivity index (χ2n) is 10.8. The lowest BCUT2D eigenvalue weighted by Crippen LogP contribution is -2.69. The summed E-state index contributed by atoms with van der Waals surface area (Å²) in [6, 6.07) is 20.5. The third-order valence-corrected chi connectivity index (χ3v) is 10.3. The van der Waals surface area contributed by atoms with E-state index in [4.69, 9.17) is 11.6 Å². The number of nitrogens with one attached hydrogen (secondary N) is 1. The molecule has 0 saturated carbocycles. The Bertz CT molecular complexity index is 1480. The summed E-state index contributed by atoms with van der Waals surface area (Å²) in [5.41, 5.74) is -0.234. The zero-order valence-electron chi connectivity index (χ0n) is 21.0. The molecule has 6 rings (SSSR count). The number of benzene rings is 3. The van der Waals surface area contributed by atoms with Gasteiger partial charge in [0.1, 0.15) is 5.66 Å². The van der Waals surface area contributed by atoms with Gasteiger partial charge in [-0.25, -0.2) is 8.42 Å². The van der Waals surface area contributed by atoms with Gasteiger partial charge in [0.15, 0.2) is 0 Å². The highest BCUT2D eigenvalue weighted by Crippen LogP contribution is 2.38.